The molecule has 0 aliphatic carbocycles. The van der Waals surface area contributed by atoms with Crippen LogP contribution in [-0.4, -0.2) is 37.2 Å². The summed E-state index contributed by atoms with van der Waals surface area (Å²) in [6.07, 6.45) is 5.98. The lowest BCUT2D eigenvalue weighted by Gasteiger charge is -2.14. The van der Waals surface area contributed by atoms with Crippen LogP contribution in [0.4, 0.5) is 0 Å². The van der Waals surface area contributed by atoms with Crippen LogP contribution in [-0.2, 0) is 0 Å². The van der Waals surface area contributed by atoms with Gasteiger partial charge >= 0.3 is 0 Å². The molecule has 1 aromatic carbocycles. The average molecular weight is 413 g/mol. The SMILES string of the molecule is COc1cc(C(=O)NC2=CCC(c3nc4ccncc4o3)S2)cc(OC)c1OC. The molecule has 3 heterocycles. The number of methoxy groups -OCH3 is 3. The predicted octanol–water partition coefficient (Wildman–Crippen LogP) is 3.70. The molecule has 0 bridgehead atoms. The molecule has 29 heavy (non-hydrogen) atoms. The molecule has 1 aliphatic heterocycles. The van der Waals surface area contributed by atoms with Crippen molar-refractivity contribution in [1.29, 1.82) is 0 Å². The van der Waals surface area contributed by atoms with Crippen LogP contribution in [0.3, 0.4) is 0 Å². The smallest absolute Gasteiger partial charge is 0.256 e. The Hall–Kier alpha value is -3.20. The Morgan fingerprint density at radius 3 is 2.62 bits per heavy atom. The number of amides is 1. The lowest BCUT2D eigenvalue weighted by atomic mass is 10.1. The first kappa shape index (κ1) is 19.1. The molecule has 0 saturated carbocycles. The minimum Gasteiger partial charge on any atom is -0.493 e. The van der Waals surface area contributed by atoms with E-state index in [1.165, 1.54) is 33.1 Å². The number of benzene rings is 1. The van der Waals surface area contributed by atoms with Crippen molar-refractivity contribution in [1.82, 2.24) is 15.3 Å². The van der Waals surface area contributed by atoms with Gasteiger partial charge in [0.15, 0.2) is 17.1 Å². The molecule has 1 unspecified atom stereocenters. The van der Waals surface area contributed by atoms with Gasteiger partial charge in [0.25, 0.3) is 5.91 Å². The quantitative estimate of drug-likeness (QED) is 0.654. The van der Waals surface area contributed by atoms with Gasteiger partial charge in [-0.2, -0.15) is 0 Å². The highest BCUT2D eigenvalue weighted by Crippen LogP contribution is 2.43. The third kappa shape index (κ3) is 3.73. The number of aromatic nitrogens is 2. The molecule has 8 nitrogen and oxygen atoms in total. The third-order valence-electron chi connectivity index (χ3n) is 4.43. The zero-order valence-electron chi connectivity index (χ0n) is 16.1. The second kappa shape index (κ2) is 8.04. The van der Waals surface area contributed by atoms with E-state index in [1.807, 2.05) is 12.1 Å². The first-order valence-corrected chi connectivity index (χ1v) is 9.69. The van der Waals surface area contributed by atoms with Crippen molar-refractivity contribution in [3.8, 4) is 17.2 Å². The summed E-state index contributed by atoms with van der Waals surface area (Å²) in [4.78, 5) is 21.3. The van der Waals surface area contributed by atoms with E-state index < -0.39 is 0 Å². The summed E-state index contributed by atoms with van der Waals surface area (Å²) in [5.41, 5.74) is 1.82. The molecule has 1 atom stereocenters. The van der Waals surface area contributed by atoms with Crippen LogP contribution in [0.5, 0.6) is 17.2 Å². The summed E-state index contributed by atoms with van der Waals surface area (Å²) >= 11 is 1.49. The maximum absolute atomic E-state index is 12.8. The second-order valence-corrected chi connectivity index (χ2v) is 7.42. The van der Waals surface area contributed by atoms with E-state index in [9.17, 15) is 4.79 Å². The Kier molecular flexibility index (Phi) is 5.30. The van der Waals surface area contributed by atoms with Crippen LogP contribution < -0.4 is 19.5 Å². The van der Waals surface area contributed by atoms with Crippen molar-refractivity contribution >= 4 is 28.8 Å². The number of nitrogens with zero attached hydrogens (tertiary/aromatic N) is 2. The zero-order valence-corrected chi connectivity index (χ0v) is 16.9. The number of hydrogen-bond donors (Lipinski definition) is 1. The van der Waals surface area contributed by atoms with Gasteiger partial charge in [0.2, 0.25) is 11.6 Å². The predicted molar refractivity (Wildman–Crippen MR) is 108 cm³/mol. The van der Waals surface area contributed by atoms with Gasteiger partial charge in [0.05, 0.1) is 37.8 Å². The molecule has 2 aromatic heterocycles. The number of carbonyl (C=O) groups is 1. The van der Waals surface area contributed by atoms with E-state index in [0.717, 1.165) is 10.5 Å². The van der Waals surface area contributed by atoms with Gasteiger partial charge in [-0.05, 0) is 24.6 Å². The van der Waals surface area contributed by atoms with Crippen molar-refractivity contribution in [2.45, 2.75) is 11.7 Å². The molecule has 4 rings (SSSR count). The fourth-order valence-corrected chi connectivity index (χ4v) is 4.07. The molecular formula is C20H19N3O5S. The van der Waals surface area contributed by atoms with Crippen molar-refractivity contribution < 1.29 is 23.4 Å². The number of pyridine rings is 1. The molecule has 1 amide bonds. The molecule has 1 N–H and O–H groups in total. The average Bonchev–Trinajstić information content (AvgIpc) is 3.39. The summed E-state index contributed by atoms with van der Waals surface area (Å²) in [5.74, 6) is 1.62. The summed E-state index contributed by atoms with van der Waals surface area (Å²) in [7, 11) is 4.53. The Morgan fingerprint density at radius 2 is 1.97 bits per heavy atom. The molecule has 0 saturated heterocycles. The molecule has 0 radical (unpaired) electrons. The maximum Gasteiger partial charge on any atom is 0.256 e. The Labute approximate surface area is 171 Å². The van der Waals surface area contributed by atoms with E-state index in [4.69, 9.17) is 18.6 Å². The number of allylic oxidation sites excluding steroid dienone is 1. The number of oxazole rings is 1. The van der Waals surface area contributed by atoms with E-state index >= 15 is 0 Å². The van der Waals surface area contributed by atoms with Crippen LogP contribution in [0.1, 0.15) is 27.9 Å². The van der Waals surface area contributed by atoms with Gasteiger partial charge in [0.1, 0.15) is 5.52 Å². The van der Waals surface area contributed by atoms with Crippen molar-refractivity contribution in [2.75, 3.05) is 21.3 Å². The first-order valence-electron chi connectivity index (χ1n) is 8.81. The third-order valence-corrected chi connectivity index (χ3v) is 5.63. The summed E-state index contributed by atoms with van der Waals surface area (Å²) in [6, 6.07) is 5.03. The van der Waals surface area contributed by atoms with Crippen LogP contribution in [0, 0.1) is 0 Å². The highest BCUT2D eigenvalue weighted by Gasteiger charge is 2.26. The topological polar surface area (TPSA) is 95.7 Å². The number of hydrogen-bond acceptors (Lipinski definition) is 8. The molecule has 150 valence electrons. The van der Waals surface area contributed by atoms with E-state index in [0.29, 0.717) is 40.7 Å². The van der Waals surface area contributed by atoms with Crippen molar-refractivity contribution in [3.63, 3.8) is 0 Å². The number of fused-ring (bicyclic) bond motifs is 1. The van der Waals surface area contributed by atoms with Gasteiger partial charge < -0.3 is 23.9 Å². The summed E-state index contributed by atoms with van der Waals surface area (Å²) < 4.78 is 21.7. The lowest BCUT2D eigenvalue weighted by molar-refractivity contribution is 0.0968. The lowest BCUT2D eigenvalue weighted by Crippen LogP contribution is -2.21. The number of rotatable bonds is 6. The van der Waals surface area contributed by atoms with Crippen molar-refractivity contribution in [2.24, 2.45) is 0 Å². The van der Waals surface area contributed by atoms with Gasteiger partial charge in [-0.25, -0.2) is 4.98 Å². The van der Waals surface area contributed by atoms with Gasteiger partial charge in [0, 0.05) is 11.8 Å². The Balaban J connectivity index is 1.48. The van der Waals surface area contributed by atoms with Crippen molar-refractivity contribution in [3.05, 3.63) is 53.2 Å². The van der Waals surface area contributed by atoms with Gasteiger partial charge in [-0.1, -0.05) is 17.8 Å². The standard InChI is InChI=1S/C20H19N3O5S/c1-25-13-8-11(9-14(26-2)18(13)27-3)19(24)23-17-5-4-16(29-17)20-22-12-6-7-21-10-15(12)28-20/h5-10,16H,4H2,1-3H3,(H,23,24). The highest BCUT2D eigenvalue weighted by molar-refractivity contribution is 8.03. The molecule has 0 spiro atoms. The molecular weight excluding hydrogens is 394 g/mol. The largest absolute Gasteiger partial charge is 0.493 e. The van der Waals surface area contributed by atoms with E-state index in [-0.39, 0.29) is 11.2 Å². The molecule has 3 aromatic rings. The molecule has 1 aliphatic rings. The summed E-state index contributed by atoms with van der Waals surface area (Å²) in [6.45, 7) is 0. The van der Waals surface area contributed by atoms with Gasteiger partial charge in [-0.15, -0.1) is 0 Å². The fraction of sp³-hybridized carbons (Fsp3) is 0.250. The van der Waals surface area contributed by atoms with Crippen LogP contribution >= 0.6 is 11.8 Å². The van der Waals surface area contributed by atoms with Crippen LogP contribution in [0.15, 0.2) is 46.1 Å². The Morgan fingerprint density at radius 1 is 1.21 bits per heavy atom. The second-order valence-electron chi connectivity index (χ2n) is 6.17. The number of nitrogens with one attached hydrogen (secondary N) is 1. The number of ether oxygens (including phenoxy) is 3. The monoisotopic (exact) mass is 413 g/mol. The van der Waals surface area contributed by atoms with Crippen LogP contribution in [0.2, 0.25) is 0 Å². The maximum atomic E-state index is 12.8. The summed E-state index contributed by atoms with van der Waals surface area (Å²) in [5, 5.41) is 3.66. The van der Waals surface area contributed by atoms with E-state index in [2.05, 4.69) is 15.3 Å². The number of thioether (sulfide) groups is 1. The van der Waals surface area contributed by atoms with Crippen LogP contribution in [0.25, 0.3) is 11.1 Å². The zero-order chi connectivity index (χ0) is 20.4. The van der Waals surface area contributed by atoms with Gasteiger partial charge in [-0.3, -0.25) is 9.78 Å². The fourth-order valence-electron chi connectivity index (χ4n) is 3.03. The molecule has 0 fully saturated rings. The number of carbonyl (C=O) groups excluding carboxylic acids is 1. The minimum absolute atomic E-state index is 0.00219. The molecule has 9 heteroatoms. The van der Waals surface area contributed by atoms with E-state index in [1.54, 1.807) is 24.5 Å². The Bertz CT molecular complexity index is 1040. The normalized spacial score (nSPS) is 15.8. The minimum atomic E-state index is -0.273. The highest BCUT2D eigenvalue weighted by atomic mass is 32.2. The first-order chi connectivity index (χ1) is 14.1.